The van der Waals surface area contributed by atoms with E-state index in [-0.39, 0.29) is 6.54 Å². The number of hydrogen-bond donors (Lipinski definition) is 2. The molecule has 0 radical (unpaired) electrons. The SMILES string of the molecule is COC(=O)C(CN)NC(=O)c1ccc(C#Cc2ccccc2)cc1. The molecule has 1 atom stereocenters. The molecule has 0 saturated carbocycles. The quantitative estimate of drug-likeness (QED) is 0.657. The molecule has 2 aromatic carbocycles. The van der Waals surface area contributed by atoms with Crippen molar-refractivity contribution in [2.45, 2.75) is 6.04 Å². The van der Waals surface area contributed by atoms with E-state index in [4.69, 9.17) is 5.73 Å². The first kappa shape index (κ1) is 17.3. The van der Waals surface area contributed by atoms with Gasteiger partial charge in [0.2, 0.25) is 0 Å². The van der Waals surface area contributed by atoms with E-state index in [2.05, 4.69) is 21.9 Å². The van der Waals surface area contributed by atoms with Gasteiger partial charge in [0.15, 0.2) is 0 Å². The summed E-state index contributed by atoms with van der Waals surface area (Å²) in [6.45, 7) is -0.0287. The molecule has 0 bridgehead atoms. The molecule has 2 rings (SSSR count). The number of nitrogens with one attached hydrogen (secondary N) is 1. The lowest BCUT2D eigenvalue weighted by Crippen LogP contribution is -2.46. The lowest BCUT2D eigenvalue weighted by molar-refractivity contribution is -0.142. The predicted octanol–water partition coefficient (Wildman–Crippen LogP) is 1.32. The fourth-order valence-corrected chi connectivity index (χ4v) is 1.97. The molecule has 0 saturated heterocycles. The van der Waals surface area contributed by atoms with Gasteiger partial charge in [0, 0.05) is 23.2 Å². The van der Waals surface area contributed by atoms with Crippen LogP contribution in [0.15, 0.2) is 54.6 Å². The topological polar surface area (TPSA) is 81.4 Å². The summed E-state index contributed by atoms with van der Waals surface area (Å²) in [6.07, 6.45) is 0. The summed E-state index contributed by atoms with van der Waals surface area (Å²) in [6, 6.07) is 15.6. The molecule has 24 heavy (non-hydrogen) atoms. The van der Waals surface area contributed by atoms with Crippen molar-refractivity contribution in [3.63, 3.8) is 0 Å². The second kappa shape index (κ2) is 8.51. The van der Waals surface area contributed by atoms with Gasteiger partial charge >= 0.3 is 5.97 Å². The lowest BCUT2D eigenvalue weighted by Gasteiger charge is -2.14. The molecule has 122 valence electrons. The Morgan fingerprint density at radius 1 is 1.04 bits per heavy atom. The third-order valence-corrected chi connectivity index (χ3v) is 3.30. The molecule has 0 heterocycles. The molecule has 0 aliphatic heterocycles. The van der Waals surface area contributed by atoms with Crippen LogP contribution < -0.4 is 11.1 Å². The first-order valence-corrected chi connectivity index (χ1v) is 7.40. The van der Waals surface area contributed by atoms with Crippen LogP contribution in [0.4, 0.5) is 0 Å². The van der Waals surface area contributed by atoms with E-state index >= 15 is 0 Å². The zero-order chi connectivity index (χ0) is 17.4. The zero-order valence-electron chi connectivity index (χ0n) is 13.3. The van der Waals surface area contributed by atoms with E-state index in [1.54, 1.807) is 24.3 Å². The Bertz CT molecular complexity index is 759. The van der Waals surface area contributed by atoms with E-state index in [9.17, 15) is 9.59 Å². The molecule has 0 aromatic heterocycles. The van der Waals surface area contributed by atoms with Crippen LogP contribution in [-0.4, -0.2) is 31.6 Å². The van der Waals surface area contributed by atoms with E-state index in [0.717, 1.165) is 11.1 Å². The van der Waals surface area contributed by atoms with Crippen molar-refractivity contribution in [1.29, 1.82) is 0 Å². The van der Waals surface area contributed by atoms with E-state index < -0.39 is 17.9 Å². The number of ether oxygens (including phenoxy) is 1. The van der Waals surface area contributed by atoms with E-state index in [0.29, 0.717) is 5.56 Å². The van der Waals surface area contributed by atoms with Gasteiger partial charge in [0.05, 0.1) is 7.11 Å². The maximum absolute atomic E-state index is 12.1. The van der Waals surface area contributed by atoms with Crippen molar-refractivity contribution in [2.75, 3.05) is 13.7 Å². The van der Waals surface area contributed by atoms with Crippen LogP contribution in [0.1, 0.15) is 21.5 Å². The van der Waals surface area contributed by atoms with Crippen molar-refractivity contribution in [3.05, 3.63) is 71.3 Å². The highest BCUT2D eigenvalue weighted by Gasteiger charge is 2.20. The zero-order valence-corrected chi connectivity index (χ0v) is 13.3. The van der Waals surface area contributed by atoms with Crippen molar-refractivity contribution in [1.82, 2.24) is 5.32 Å². The highest BCUT2D eigenvalue weighted by Crippen LogP contribution is 2.05. The summed E-state index contributed by atoms with van der Waals surface area (Å²) in [5, 5.41) is 2.54. The first-order valence-electron chi connectivity index (χ1n) is 7.40. The second-order valence-electron chi connectivity index (χ2n) is 4.98. The van der Waals surface area contributed by atoms with Crippen molar-refractivity contribution in [2.24, 2.45) is 5.73 Å². The summed E-state index contributed by atoms with van der Waals surface area (Å²) in [7, 11) is 1.25. The fourth-order valence-electron chi connectivity index (χ4n) is 1.97. The maximum atomic E-state index is 12.1. The number of hydrogen-bond acceptors (Lipinski definition) is 4. The minimum Gasteiger partial charge on any atom is -0.467 e. The van der Waals surface area contributed by atoms with Gasteiger partial charge in [0.1, 0.15) is 6.04 Å². The fraction of sp³-hybridized carbons (Fsp3) is 0.158. The molecule has 5 nitrogen and oxygen atoms in total. The van der Waals surface area contributed by atoms with Gasteiger partial charge in [0.25, 0.3) is 5.91 Å². The Morgan fingerprint density at radius 2 is 1.62 bits per heavy atom. The van der Waals surface area contributed by atoms with Gasteiger partial charge in [-0.05, 0) is 36.4 Å². The highest BCUT2D eigenvalue weighted by atomic mass is 16.5. The molecule has 5 heteroatoms. The minimum absolute atomic E-state index is 0.0287. The van der Waals surface area contributed by atoms with Gasteiger partial charge in [-0.3, -0.25) is 4.79 Å². The Kier molecular flexibility index (Phi) is 6.12. The summed E-state index contributed by atoms with van der Waals surface area (Å²) in [5.41, 5.74) is 7.59. The van der Waals surface area contributed by atoms with Crippen molar-refractivity contribution < 1.29 is 14.3 Å². The summed E-state index contributed by atoms with van der Waals surface area (Å²) >= 11 is 0. The second-order valence-corrected chi connectivity index (χ2v) is 4.98. The molecular formula is C19H18N2O3. The summed E-state index contributed by atoms with van der Waals surface area (Å²) < 4.78 is 4.58. The van der Waals surface area contributed by atoms with Gasteiger partial charge in [-0.1, -0.05) is 30.0 Å². The van der Waals surface area contributed by atoms with Crippen LogP contribution in [0.5, 0.6) is 0 Å². The average molecular weight is 322 g/mol. The van der Waals surface area contributed by atoms with Crippen LogP contribution in [0.25, 0.3) is 0 Å². The maximum Gasteiger partial charge on any atom is 0.329 e. The van der Waals surface area contributed by atoms with E-state index in [1.807, 2.05) is 30.3 Å². The van der Waals surface area contributed by atoms with Gasteiger partial charge in [-0.25, -0.2) is 4.79 Å². The van der Waals surface area contributed by atoms with E-state index in [1.165, 1.54) is 7.11 Å². The normalized spacial score (nSPS) is 10.9. The Hall–Kier alpha value is -3.10. The molecule has 2 aromatic rings. The largest absolute Gasteiger partial charge is 0.467 e. The Balaban J connectivity index is 2.05. The number of carbonyl (C=O) groups excluding carboxylic acids is 2. The third-order valence-electron chi connectivity index (χ3n) is 3.30. The lowest BCUT2D eigenvalue weighted by atomic mass is 10.1. The summed E-state index contributed by atoms with van der Waals surface area (Å²) in [4.78, 5) is 23.6. The number of rotatable bonds is 4. The van der Waals surface area contributed by atoms with Crippen LogP contribution in [-0.2, 0) is 9.53 Å². The van der Waals surface area contributed by atoms with Crippen molar-refractivity contribution in [3.8, 4) is 11.8 Å². The number of methoxy groups -OCH3 is 1. The number of benzene rings is 2. The van der Waals surface area contributed by atoms with Crippen LogP contribution in [0, 0.1) is 11.8 Å². The molecule has 1 unspecified atom stereocenters. The smallest absolute Gasteiger partial charge is 0.329 e. The summed E-state index contributed by atoms with van der Waals surface area (Å²) in [5.74, 6) is 5.11. The molecule has 3 N–H and O–H groups in total. The van der Waals surface area contributed by atoms with Crippen LogP contribution in [0.3, 0.4) is 0 Å². The highest BCUT2D eigenvalue weighted by molar-refractivity contribution is 5.96. The Labute approximate surface area is 140 Å². The molecule has 0 spiro atoms. The first-order chi connectivity index (χ1) is 11.6. The molecule has 0 fully saturated rings. The molecular weight excluding hydrogens is 304 g/mol. The van der Waals surface area contributed by atoms with Gasteiger partial charge in [-0.15, -0.1) is 0 Å². The predicted molar refractivity (Wildman–Crippen MR) is 91.2 cm³/mol. The van der Waals surface area contributed by atoms with Crippen LogP contribution >= 0.6 is 0 Å². The third kappa shape index (κ3) is 4.70. The van der Waals surface area contributed by atoms with Gasteiger partial charge < -0.3 is 15.8 Å². The minimum atomic E-state index is -0.861. The average Bonchev–Trinajstić information content (AvgIpc) is 2.64. The number of carbonyl (C=O) groups is 2. The van der Waals surface area contributed by atoms with Crippen LogP contribution in [0.2, 0.25) is 0 Å². The Morgan fingerprint density at radius 3 is 2.17 bits per heavy atom. The standard InChI is InChI=1S/C19H18N2O3/c1-24-19(23)17(13-20)21-18(22)16-11-9-15(10-12-16)8-7-14-5-3-2-4-6-14/h2-6,9-12,17H,13,20H2,1H3,(H,21,22). The molecule has 1 amide bonds. The molecule has 0 aliphatic rings. The molecule has 0 aliphatic carbocycles. The van der Waals surface area contributed by atoms with Gasteiger partial charge in [-0.2, -0.15) is 0 Å². The monoisotopic (exact) mass is 322 g/mol. The number of nitrogens with two attached hydrogens (primary N) is 1. The number of amides is 1. The number of esters is 1. The van der Waals surface area contributed by atoms with Crippen molar-refractivity contribution >= 4 is 11.9 Å².